The average Bonchev–Trinajstić information content (AvgIpc) is 2.12. The van der Waals surface area contributed by atoms with Crippen LogP contribution in [-0.2, 0) is 0 Å². The molecule has 0 aliphatic rings. The molecule has 0 aliphatic heterocycles. The minimum atomic E-state index is 0.265. The third kappa shape index (κ3) is 4.41. The first-order valence-corrected chi connectivity index (χ1v) is 5.00. The van der Waals surface area contributed by atoms with Crippen molar-refractivity contribution in [2.45, 2.75) is 58.5 Å². The predicted molar refractivity (Wildman–Crippen MR) is 55.0 cm³/mol. The van der Waals surface area contributed by atoms with Gasteiger partial charge in [0, 0.05) is 6.04 Å². The quantitative estimate of drug-likeness (QED) is 0.599. The third-order valence-electron chi connectivity index (χ3n) is 2.18. The molecule has 0 fully saturated rings. The molecule has 1 nitrogen and oxygen atoms in total. The van der Waals surface area contributed by atoms with Crippen molar-refractivity contribution < 1.29 is 0 Å². The minimum absolute atomic E-state index is 0.265. The highest BCUT2D eigenvalue weighted by Gasteiger charge is 2.08. The van der Waals surface area contributed by atoms with Gasteiger partial charge < -0.3 is 5.32 Å². The molecule has 0 rings (SSSR count). The Labute approximate surface area is 76.9 Å². The summed E-state index contributed by atoms with van der Waals surface area (Å²) >= 11 is 0. The largest absolute Gasteiger partial charge is 0.301 e. The Morgan fingerprint density at radius 3 is 2.25 bits per heavy atom. The van der Waals surface area contributed by atoms with Crippen molar-refractivity contribution >= 4 is 0 Å². The van der Waals surface area contributed by atoms with E-state index < -0.39 is 0 Å². The summed E-state index contributed by atoms with van der Waals surface area (Å²) in [4.78, 5) is 0. The van der Waals surface area contributed by atoms with Crippen LogP contribution in [0.25, 0.3) is 0 Å². The minimum Gasteiger partial charge on any atom is -0.301 e. The van der Waals surface area contributed by atoms with Crippen LogP contribution in [0.4, 0.5) is 0 Å². The van der Waals surface area contributed by atoms with Gasteiger partial charge in [-0.3, -0.25) is 0 Å². The van der Waals surface area contributed by atoms with Gasteiger partial charge in [-0.15, -0.1) is 6.42 Å². The van der Waals surface area contributed by atoms with Crippen LogP contribution in [0.3, 0.4) is 0 Å². The first-order chi connectivity index (χ1) is 5.78. The summed E-state index contributed by atoms with van der Waals surface area (Å²) in [6.45, 7) is 6.54. The van der Waals surface area contributed by atoms with E-state index in [1.165, 1.54) is 19.3 Å². The van der Waals surface area contributed by atoms with Crippen LogP contribution in [0.5, 0.6) is 0 Å². The fraction of sp³-hybridized carbons (Fsp3) is 0.818. The van der Waals surface area contributed by atoms with E-state index >= 15 is 0 Å². The molecule has 0 aromatic carbocycles. The van der Waals surface area contributed by atoms with Gasteiger partial charge in [-0.05, 0) is 19.3 Å². The van der Waals surface area contributed by atoms with Gasteiger partial charge in [0.15, 0.2) is 0 Å². The van der Waals surface area contributed by atoms with Crippen LogP contribution in [0, 0.1) is 12.3 Å². The molecule has 1 N–H and O–H groups in total. The Morgan fingerprint density at radius 2 is 1.92 bits per heavy atom. The number of rotatable bonds is 6. The molecule has 0 amide bonds. The topological polar surface area (TPSA) is 12.0 Å². The second-order valence-electron chi connectivity index (χ2n) is 3.19. The van der Waals surface area contributed by atoms with Crippen LogP contribution < -0.4 is 5.32 Å². The normalized spacial score (nSPS) is 15.2. The molecule has 0 aliphatic carbocycles. The van der Waals surface area contributed by atoms with E-state index in [1.54, 1.807) is 0 Å². The van der Waals surface area contributed by atoms with E-state index in [9.17, 15) is 0 Å². The third-order valence-corrected chi connectivity index (χ3v) is 2.18. The zero-order valence-electron chi connectivity index (χ0n) is 8.56. The van der Waals surface area contributed by atoms with Gasteiger partial charge in [-0.25, -0.2) is 0 Å². The van der Waals surface area contributed by atoms with Crippen LogP contribution >= 0.6 is 0 Å². The molecule has 12 heavy (non-hydrogen) atoms. The van der Waals surface area contributed by atoms with Crippen molar-refractivity contribution in [3.05, 3.63) is 0 Å². The van der Waals surface area contributed by atoms with Gasteiger partial charge in [-0.2, -0.15) is 0 Å². The summed E-state index contributed by atoms with van der Waals surface area (Å²) in [7, 11) is 0. The van der Waals surface area contributed by atoms with Crippen LogP contribution in [0.2, 0.25) is 0 Å². The van der Waals surface area contributed by atoms with Crippen molar-refractivity contribution in [2.75, 3.05) is 0 Å². The van der Waals surface area contributed by atoms with Gasteiger partial charge >= 0.3 is 0 Å². The maximum absolute atomic E-state index is 5.37. The van der Waals surface area contributed by atoms with Gasteiger partial charge in [-0.1, -0.05) is 33.1 Å². The van der Waals surface area contributed by atoms with Crippen molar-refractivity contribution in [1.29, 1.82) is 0 Å². The number of terminal acetylenes is 1. The maximum atomic E-state index is 5.37. The van der Waals surface area contributed by atoms with Gasteiger partial charge in [0.05, 0.1) is 6.04 Å². The number of nitrogens with one attached hydrogen (secondary N) is 1. The summed E-state index contributed by atoms with van der Waals surface area (Å²) in [5.41, 5.74) is 0. The SMILES string of the molecule is C#CC(CC)NC(CC)CCC. The van der Waals surface area contributed by atoms with Crippen LogP contribution in [0.1, 0.15) is 46.5 Å². The molecule has 0 aromatic heterocycles. The highest BCUT2D eigenvalue weighted by atomic mass is 14.9. The van der Waals surface area contributed by atoms with Crippen LogP contribution in [0.15, 0.2) is 0 Å². The molecule has 0 heterocycles. The van der Waals surface area contributed by atoms with Crippen molar-refractivity contribution in [1.82, 2.24) is 5.32 Å². The van der Waals surface area contributed by atoms with E-state index in [0.29, 0.717) is 6.04 Å². The van der Waals surface area contributed by atoms with E-state index in [1.807, 2.05) is 0 Å². The van der Waals surface area contributed by atoms with Gasteiger partial charge in [0.2, 0.25) is 0 Å². The van der Waals surface area contributed by atoms with E-state index in [0.717, 1.165) is 6.42 Å². The number of hydrogen-bond acceptors (Lipinski definition) is 1. The molecule has 0 saturated carbocycles. The molecule has 0 aromatic rings. The summed E-state index contributed by atoms with van der Waals surface area (Å²) in [6.07, 6.45) is 10.0. The lowest BCUT2D eigenvalue weighted by molar-refractivity contribution is 0.430. The first kappa shape index (κ1) is 11.5. The Balaban J connectivity index is 3.75. The molecule has 2 atom stereocenters. The summed E-state index contributed by atoms with van der Waals surface area (Å²) in [6, 6.07) is 0.873. The molecule has 0 spiro atoms. The molecule has 0 saturated heterocycles. The second-order valence-corrected chi connectivity index (χ2v) is 3.19. The Morgan fingerprint density at radius 1 is 1.25 bits per heavy atom. The summed E-state index contributed by atoms with van der Waals surface area (Å²) in [5.74, 6) is 2.76. The fourth-order valence-electron chi connectivity index (χ4n) is 1.32. The summed E-state index contributed by atoms with van der Waals surface area (Å²) in [5, 5.41) is 3.47. The van der Waals surface area contributed by atoms with Gasteiger partial charge in [0.1, 0.15) is 0 Å². The molecular weight excluding hydrogens is 146 g/mol. The standard InChI is InChI=1S/C11H21N/c1-5-9-11(8-4)12-10(6-2)7-3/h2,10-12H,5,7-9H2,1,3-4H3. The zero-order valence-corrected chi connectivity index (χ0v) is 8.56. The Kier molecular flexibility index (Phi) is 6.90. The van der Waals surface area contributed by atoms with E-state index in [2.05, 4.69) is 32.0 Å². The lowest BCUT2D eigenvalue weighted by Crippen LogP contribution is -2.36. The van der Waals surface area contributed by atoms with Crippen LogP contribution in [-0.4, -0.2) is 12.1 Å². The van der Waals surface area contributed by atoms with Crippen molar-refractivity contribution in [3.63, 3.8) is 0 Å². The second kappa shape index (κ2) is 7.18. The maximum Gasteiger partial charge on any atom is 0.0686 e. The van der Waals surface area contributed by atoms with E-state index in [-0.39, 0.29) is 6.04 Å². The molecule has 2 unspecified atom stereocenters. The number of hydrogen-bond donors (Lipinski definition) is 1. The first-order valence-electron chi connectivity index (χ1n) is 5.00. The molecule has 70 valence electrons. The van der Waals surface area contributed by atoms with Gasteiger partial charge in [0.25, 0.3) is 0 Å². The highest BCUT2D eigenvalue weighted by Crippen LogP contribution is 2.03. The van der Waals surface area contributed by atoms with Crippen molar-refractivity contribution in [2.24, 2.45) is 0 Å². The average molecular weight is 167 g/mol. The smallest absolute Gasteiger partial charge is 0.0686 e. The molecule has 0 radical (unpaired) electrons. The Bertz CT molecular complexity index is 134. The lowest BCUT2D eigenvalue weighted by Gasteiger charge is -2.19. The predicted octanol–water partition coefficient (Wildman–Crippen LogP) is 2.57. The highest BCUT2D eigenvalue weighted by molar-refractivity contribution is 4.98. The molecular formula is C11H21N. The monoisotopic (exact) mass is 167 g/mol. The Hall–Kier alpha value is -0.480. The molecule has 0 bridgehead atoms. The van der Waals surface area contributed by atoms with Crippen molar-refractivity contribution in [3.8, 4) is 12.3 Å². The molecule has 1 heteroatoms. The van der Waals surface area contributed by atoms with E-state index in [4.69, 9.17) is 6.42 Å². The lowest BCUT2D eigenvalue weighted by atomic mass is 10.1. The fourth-order valence-corrected chi connectivity index (χ4v) is 1.32. The summed E-state index contributed by atoms with van der Waals surface area (Å²) < 4.78 is 0. The zero-order chi connectivity index (χ0) is 9.40.